The number of likely N-dealkylation sites (N-methyl/N-ethyl adjacent to an activating group) is 1. The molecule has 96 valence electrons. The van der Waals surface area contributed by atoms with E-state index in [9.17, 15) is 4.79 Å². The lowest BCUT2D eigenvalue weighted by atomic mass is 9.89. The van der Waals surface area contributed by atoms with Crippen LogP contribution in [0.1, 0.15) is 29.5 Å². The molecule has 1 N–H and O–H groups in total. The van der Waals surface area contributed by atoms with E-state index >= 15 is 0 Å². The Morgan fingerprint density at radius 1 is 1.22 bits per heavy atom. The number of rotatable bonds is 3. The normalized spacial score (nSPS) is 17.8. The Kier molecular flexibility index (Phi) is 3.08. The Labute approximate surface area is 108 Å². The third-order valence-corrected chi connectivity index (χ3v) is 4.00. The van der Waals surface area contributed by atoms with E-state index in [1.165, 1.54) is 22.4 Å². The third-order valence-electron chi connectivity index (χ3n) is 4.00. The summed E-state index contributed by atoms with van der Waals surface area (Å²) in [4.78, 5) is 14.0. The van der Waals surface area contributed by atoms with Gasteiger partial charge in [-0.25, -0.2) is 0 Å². The topological polar surface area (TPSA) is 32.3 Å². The van der Waals surface area contributed by atoms with Gasteiger partial charge in [0, 0.05) is 13.0 Å². The predicted octanol–water partition coefficient (Wildman–Crippen LogP) is 1.67. The second-order valence-electron chi connectivity index (χ2n) is 5.27. The lowest BCUT2D eigenvalue weighted by Crippen LogP contribution is -2.39. The van der Waals surface area contributed by atoms with Crippen molar-refractivity contribution in [3.8, 4) is 0 Å². The summed E-state index contributed by atoms with van der Waals surface area (Å²) in [5.41, 5.74) is 5.43. The zero-order valence-corrected chi connectivity index (χ0v) is 11.0. The molecule has 1 aromatic rings. The van der Waals surface area contributed by atoms with Crippen LogP contribution in [0.4, 0.5) is 5.69 Å². The second-order valence-corrected chi connectivity index (χ2v) is 5.27. The number of nitrogens with one attached hydrogen (secondary N) is 1. The minimum absolute atomic E-state index is 0.312. The van der Waals surface area contributed by atoms with Crippen molar-refractivity contribution in [2.75, 3.05) is 25.0 Å². The number of amides is 1. The smallest absolute Gasteiger partial charge is 0.227 e. The van der Waals surface area contributed by atoms with Gasteiger partial charge in [-0.15, -0.1) is 0 Å². The van der Waals surface area contributed by atoms with Gasteiger partial charge in [0.1, 0.15) is 0 Å². The lowest BCUT2D eigenvalue weighted by Gasteiger charge is -2.35. The Bertz CT molecular complexity index is 464. The van der Waals surface area contributed by atoms with Gasteiger partial charge >= 0.3 is 0 Å². The molecule has 1 aromatic carbocycles. The molecular formula is C15H20N2O. The summed E-state index contributed by atoms with van der Waals surface area (Å²) in [5.74, 6) is 0.312. The molecule has 0 saturated carbocycles. The number of nitrogens with zero attached hydrogens (tertiary/aromatic N) is 1. The summed E-state index contributed by atoms with van der Waals surface area (Å²) in [5, 5.41) is 3.20. The summed E-state index contributed by atoms with van der Waals surface area (Å²) in [6.07, 6.45) is 4.91. The average molecular weight is 244 g/mol. The van der Waals surface area contributed by atoms with Crippen LogP contribution in [0.15, 0.2) is 12.1 Å². The molecule has 0 saturated heterocycles. The summed E-state index contributed by atoms with van der Waals surface area (Å²) in [6.45, 7) is 1.93. The van der Waals surface area contributed by atoms with Crippen LogP contribution in [0, 0.1) is 0 Å². The standard InChI is InChI=1S/C15H20N2O/c1-16-7-6-11-9-12-3-2-8-17-14(18)5-4-13(10-11)15(12)17/h9-10,16H,2-8H2,1H3. The highest BCUT2D eigenvalue weighted by molar-refractivity contribution is 5.97. The minimum Gasteiger partial charge on any atom is -0.319 e. The number of hydrogen-bond donors (Lipinski definition) is 1. The second kappa shape index (κ2) is 4.73. The molecule has 0 bridgehead atoms. The first-order chi connectivity index (χ1) is 8.79. The molecule has 0 atom stereocenters. The molecule has 0 fully saturated rings. The van der Waals surface area contributed by atoms with Gasteiger partial charge in [0.15, 0.2) is 0 Å². The van der Waals surface area contributed by atoms with Gasteiger partial charge in [-0.1, -0.05) is 12.1 Å². The number of aryl methyl sites for hydroxylation is 2. The quantitative estimate of drug-likeness (QED) is 0.877. The molecule has 2 aliphatic heterocycles. The van der Waals surface area contributed by atoms with Crippen LogP contribution in [-0.2, 0) is 24.1 Å². The highest BCUT2D eigenvalue weighted by atomic mass is 16.2. The summed E-state index contributed by atoms with van der Waals surface area (Å²) >= 11 is 0. The molecule has 3 heteroatoms. The molecule has 2 heterocycles. The average Bonchev–Trinajstić information content (AvgIpc) is 2.40. The summed E-state index contributed by atoms with van der Waals surface area (Å²) in [7, 11) is 1.99. The maximum atomic E-state index is 11.9. The molecule has 0 radical (unpaired) electrons. The van der Waals surface area contributed by atoms with Crippen molar-refractivity contribution in [2.24, 2.45) is 0 Å². The van der Waals surface area contributed by atoms with Gasteiger partial charge in [0.2, 0.25) is 5.91 Å². The van der Waals surface area contributed by atoms with E-state index in [1.54, 1.807) is 0 Å². The van der Waals surface area contributed by atoms with Gasteiger partial charge in [-0.3, -0.25) is 4.79 Å². The molecule has 0 spiro atoms. The fraction of sp³-hybridized carbons (Fsp3) is 0.533. The molecule has 18 heavy (non-hydrogen) atoms. The van der Waals surface area contributed by atoms with Crippen molar-refractivity contribution in [1.29, 1.82) is 0 Å². The van der Waals surface area contributed by atoms with E-state index < -0.39 is 0 Å². The van der Waals surface area contributed by atoms with Crippen LogP contribution in [0.3, 0.4) is 0 Å². The van der Waals surface area contributed by atoms with Crippen molar-refractivity contribution >= 4 is 11.6 Å². The Hall–Kier alpha value is -1.35. The fourth-order valence-corrected chi connectivity index (χ4v) is 3.14. The Morgan fingerprint density at radius 3 is 2.78 bits per heavy atom. The van der Waals surface area contributed by atoms with Crippen LogP contribution in [0.25, 0.3) is 0 Å². The molecule has 3 nitrogen and oxygen atoms in total. The van der Waals surface area contributed by atoms with E-state index in [0.717, 1.165) is 38.8 Å². The molecule has 3 rings (SSSR count). The molecule has 1 amide bonds. The van der Waals surface area contributed by atoms with Crippen molar-refractivity contribution in [3.63, 3.8) is 0 Å². The van der Waals surface area contributed by atoms with Crippen molar-refractivity contribution < 1.29 is 4.79 Å². The van der Waals surface area contributed by atoms with Gasteiger partial charge < -0.3 is 10.2 Å². The first-order valence-electron chi connectivity index (χ1n) is 6.89. The third kappa shape index (κ3) is 1.93. The van der Waals surface area contributed by atoms with Crippen molar-refractivity contribution in [1.82, 2.24) is 5.32 Å². The summed E-state index contributed by atoms with van der Waals surface area (Å²) < 4.78 is 0. The van der Waals surface area contributed by atoms with E-state index in [0.29, 0.717) is 12.3 Å². The van der Waals surface area contributed by atoms with Gasteiger partial charge in [0.05, 0.1) is 5.69 Å². The van der Waals surface area contributed by atoms with Crippen LogP contribution in [-0.4, -0.2) is 26.0 Å². The largest absolute Gasteiger partial charge is 0.319 e. The Balaban J connectivity index is 2.00. The molecule has 0 aliphatic carbocycles. The molecule has 0 aromatic heterocycles. The fourth-order valence-electron chi connectivity index (χ4n) is 3.14. The number of hydrogen-bond acceptors (Lipinski definition) is 2. The van der Waals surface area contributed by atoms with E-state index in [-0.39, 0.29) is 0 Å². The van der Waals surface area contributed by atoms with Crippen molar-refractivity contribution in [3.05, 3.63) is 28.8 Å². The first-order valence-corrected chi connectivity index (χ1v) is 6.89. The highest BCUT2D eigenvalue weighted by Gasteiger charge is 2.29. The zero-order valence-electron chi connectivity index (χ0n) is 11.0. The monoisotopic (exact) mass is 244 g/mol. The van der Waals surface area contributed by atoms with E-state index in [1.807, 2.05) is 11.9 Å². The van der Waals surface area contributed by atoms with Crippen LogP contribution in [0.5, 0.6) is 0 Å². The lowest BCUT2D eigenvalue weighted by molar-refractivity contribution is -0.119. The SMILES string of the molecule is CNCCc1cc2c3c(c1)CCC(=O)N3CCC2. The first kappa shape index (κ1) is 11.7. The Morgan fingerprint density at radius 2 is 2.00 bits per heavy atom. The number of carbonyl (C=O) groups excluding carboxylic acids is 1. The molecule has 0 unspecified atom stereocenters. The molecule has 2 aliphatic rings. The maximum absolute atomic E-state index is 11.9. The van der Waals surface area contributed by atoms with Crippen LogP contribution >= 0.6 is 0 Å². The zero-order chi connectivity index (χ0) is 12.5. The van der Waals surface area contributed by atoms with Gasteiger partial charge in [-0.2, -0.15) is 0 Å². The minimum atomic E-state index is 0.312. The van der Waals surface area contributed by atoms with Gasteiger partial charge in [0.25, 0.3) is 0 Å². The number of carbonyl (C=O) groups is 1. The number of benzene rings is 1. The predicted molar refractivity (Wildman–Crippen MR) is 73.1 cm³/mol. The van der Waals surface area contributed by atoms with Crippen LogP contribution < -0.4 is 10.2 Å². The van der Waals surface area contributed by atoms with Gasteiger partial charge in [-0.05, 0) is 56.0 Å². The van der Waals surface area contributed by atoms with E-state index in [4.69, 9.17) is 0 Å². The summed E-state index contributed by atoms with van der Waals surface area (Å²) in [6, 6.07) is 4.61. The van der Waals surface area contributed by atoms with Crippen molar-refractivity contribution in [2.45, 2.75) is 32.1 Å². The maximum Gasteiger partial charge on any atom is 0.227 e. The highest BCUT2D eigenvalue weighted by Crippen LogP contribution is 2.36. The van der Waals surface area contributed by atoms with Crippen LogP contribution in [0.2, 0.25) is 0 Å². The number of anilines is 1. The van der Waals surface area contributed by atoms with E-state index in [2.05, 4.69) is 17.4 Å². The molecular weight excluding hydrogens is 224 g/mol.